The van der Waals surface area contributed by atoms with Crippen LogP contribution in [0.5, 0.6) is 11.5 Å². The van der Waals surface area contributed by atoms with Crippen LogP contribution in [0.25, 0.3) is 0 Å². The van der Waals surface area contributed by atoms with Crippen LogP contribution in [0.1, 0.15) is 10.4 Å². The van der Waals surface area contributed by atoms with E-state index in [1.165, 1.54) is 0 Å². The number of carbonyl (C=O) groups excluding carboxylic acids is 1. The zero-order valence-electron chi connectivity index (χ0n) is 11.1. The summed E-state index contributed by atoms with van der Waals surface area (Å²) in [6.07, 6.45) is 0. The van der Waals surface area contributed by atoms with E-state index in [0.717, 1.165) is 18.2 Å². The molecule has 0 heterocycles. The van der Waals surface area contributed by atoms with E-state index in [0.29, 0.717) is 12.1 Å². The molecule has 10 heteroatoms. The molecule has 2 aromatic carbocycles. The van der Waals surface area contributed by atoms with Gasteiger partial charge < -0.3 is 15.5 Å². The lowest BCUT2D eigenvalue weighted by atomic mass is 10.2. The summed E-state index contributed by atoms with van der Waals surface area (Å²) in [7, 11) is -9.76. The zero-order chi connectivity index (χ0) is 17.5. The van der Waals surface area contributed by atoms with Crippen molar-refractivity contribution in [1.29, 1.82) is 0 Å². The van der Waals surface area contributed by atoms with Gasteiger partial charge in [0.15, 0.2) is 0 Å². The minimum absolute atomic E-state index is 0.163. The van der Waals surface area contributed by atoms with Crippen LogP contribution in [0, 0.1) is 0 Å². The zero-order valence-corrected chi connectivity index (χ0v) is 12.0. The largest absolute Gasteiger partial charge is 0.508 e. The van der Waals surface area contributed by atoms with Crippen molar-refractivity contribution in [3.05, 3.63) is 48.0 Å². The normalized spacial score (nSPS) is 14.7. The quantitative estimate of drug-likeness (QED) is 0.678. The van der Waals surface area contributed by atoms with Gasteiger partial charge in [-0.3, -0.25) is 4.79 Å². The van der Waals surface area contributed by atoms with Crippen molar-refractivity contribution in [1.82, 2.24) is 0 Å². The van der Waals surface area contributed by atoms with E-state index in [4.69, 9.17) is 0 Å². The number of hydrogen-bond donors (Lipinski definition) is 3. The molecule has 1 amide bonds. The average Bonchev–Trinajstić information content (AvgIpc) is 2.35. The van der Waals surface area contributed by atoms with Crippen molar-refractivity contribution >= 4 is 21.8 Å². The van der Waals surface area contributed by atoms with Gasteiger partial charge in [-0.1, -0.05) is 19.4 Å². The van der Waals surface area contributed by atoms with Crippen LogP contribution in [-0.4, -0.2) is 16.1 Å². The summed E-state index contributed by atoms with van der Waals surface area (Å²) in [6, 6.07) is 4.67. The monoisotopic (exact) mass is 355 g/mol. The molecule has 0 atom stereocenters. The summed E-state index contributed by atoms with van der Waals surface area (Å²) in [5, 5.41) is 20.7. The molecule has 0 unspecified atom stereocenters. The van der Waals surface area contributed by atoms with Gasteiger partial charge in [-0.15, -0.1) is 0 Å². The van der Waals surface area contributed by atoms with Crippen molar-refractivity contribution < 1.29 is 34.4 Å². The molecule has 23 heavy (non-hydrogen) atoms. The van der Waals surface area contributed by atoms with E-state index < -0.39 is 32.5 Å². The van der Waals surface area contributed by atoms with Gasteiger partial charge in [-0.25, -0.2) is 0 Å². The molecular weight excluding hydrogens is 345 g/mol. The molecule has 3 N–H and O–H groups in total. The van der Waals surface area contributed by atoms with Crippen molar-refractivity contribution in [2.24, 2.45) is 0 Å². The highest BCUT2D eigenvalue weighted by Crippen LogP contribution is 3.02. The second-order valence-corrected chi connectivity index (χ2v) is 7.09. The second-order valence-electron chi connectivity index (χ2n) is 4.69. The molecule has 0 radical (unpaired) electrons. The molecule has 0 spiro atoms. The Kier molecular flexibility index (Phi) is 3.31. The van der Waals surface area contributed by atoms with E-state index in [1.807, 2.05) is 0 Å². The third-order valence-corrected chi connectivity index (χ3v) is 3.89. The van der Waals surface area contributed by atoms with E-state index in [2.05, 4.69) is 5.32 Å². The Balaban J connectivity index is 2.23. The number of benzene rings is 2. The summed E-state index contributed by atoms with van der Waals surface area (Å²) in [6.45, 7) is 0. The lowest BCUT2D eigenvalue weighted by molar-refractivity contribution is 0.102. The SMILES string of the molecule is O=C(Nc1ccc(S(F)(F)(F)(F)F)cc1)c1cc(O)cc(O)c1. The average molecular weight is 355 g/mol. The number of phenolic OH excluding ortho intramolecular Hbond substituents is 2. The first-order valence-electron chi connectivity index (χ1n) is 5.93. The smallest absolute Gasteiger partial charge is 0.310 e. The van der Waals surface area contributed by atoms with Crippen LogP contribution in [0.4, 0.5) is 25.1 Å². The molecule has 2 rings (SSSR count). The maximum atomic E-state index is 12.6. The summed E-state index contributed by atoms with van der Waals surface area (Å²) in [5.41, 5.74) is -0.331. The van der Waals surface area contributed by atoms with E-state index in [9.17, 15) is 34.4 Å². The topological polar surface area (TPSA) is 69.6 Å². The Hall–Kier alpha value is -2.49. The lowest BCUT2D eigenvalue weighted by Crippen LogP contribution is -2.12. The van der Waals surface area contributed by atoms with Gasteiger partial charge in [-0.2, -0.15) is 0 Å². The number of hydrogen-bond acceptors (Lipinski definition) is 3. The third kappa shape index (κ3) is 4.25. The van der Waals surface area contributed by atoms with Crippen molar-refractivity contribution in [2.45, 2.75) is 4.90 Å². The van der Waals surface area contributed by atoms with Gasteiger partial charge in [-0.05, 0) is 36.4 Å². The highest BCUT2D eigenvalue weighted by atomic mass is 32.5. The standard InChI is InChI=1S/C13H10F5NO3S/c14-23(15,16,17,18)12-3-1-9(2-4-12)19-13(22)8-5-10(20)7-11(21)6-8/h1-7,20-21H,(H,19,22). The van der Waals surface area contributed by atoms with Gasteiger partial charge in [0.1, 0.15) is 16.4 Å². The summed E-state index contributed by atoms with van der Waals surface area (Å²) >= 11 is 0. The minimum atomic E-state index is -9.76. The molecule has 0 aliphatic heterocycles. The van der Waals surface area contributed by atoms with Gasteiger partial charge in [0, 0.05) is 17.3 Å². The van der Waals surface area contributed by atoms with Crippen LogP contribution in [0.2, 0.25) is 0 Å². The summed E-state index contributed by atoms with van der Waals surface area (Å²) in [5.74, 6) is -1.64. The highest BCUT2D eigenvalue weighted by molar-refractivity contribution is 8.45. The number of anilines is 1. The molecule has 0 aliphatic carbocycles. The maximum Gasteiger partial charge on any atom is 0.310 e. The predicted molar refractivity (Wildman–Crippen MR) is 75.6 cm³/mol. The fourth-order valence-electron chi connectivity index (χ4n) is 1.72. The van der Waals surface area contributed by atoms with Gasteiger partial charge in [0.2, 0.25) is 0 Å². The Bertz CT molecular complexity index is 755. The van der Waals surface area contributed by atoms with Crippen molar-refractivity contribution in [3.63, 3.8) is 0 Å². The van der Waals surface area contributed by atoms with Gasteiger partial charge >= 0.3 is 10.2 Å². The summed E-state index contributed by atoms with van der Waals surface area (Å²) < 4.78 is 62.8. The maximum absolute atomic E-state index is 12.6. The number of carbonyl (C=O) groups is 1. The molecule has 0 bridgehead atoms. The first kappa shape index (κ1) is 16.9. The number of aromatic hydroxyl groups is 2. The van der Waals surface area contributed by atoms with Crippen LogP contribution in [0.15, 0.2) is 47.4 Å². The molecule has 0 fully saturated rings. The number of phenols is 2. The highest BCUT2D eigenvalue weighted by Gasteiger charge is 2.65. The number of rotatable bonds is 3. The Morgan fingerprint density at radius 1 is 0.870 bits per heavy atom. The molecular formula is C13H10F5NO3S. The molecule has 126 valence electrons. The molecule has 2 aromatic rings. The first-order valence-corrected chi connectivity index (χ1v) is 7.88. The molecule has 0 saturated carbocycles. The first-order chi connectivity index (χ1) is 10.2. The minimum Gasteiger partial charge on any atom is -0.508 e. The van der Waals surface area contributed by atoms with Gasteiger partial charge in [0.05, 0.1) is 0 Å². The van der Waals surface area contributed by atoms with Crippen LogP contribution in [0.3, 0.4) is 0 Å². The van der Waals surface area contributed by atoms with E-state index in [1.54, 1.807) is 0 Å². The molecule has 0 saturated heterocycles. The van der Waals surface area contributed by atoms with Crippen LogP contribution < -0.4 is 5.32 Å². The summed E-state index contributed by atoms with van der Waals surface area (Å²) in [4.78, 5) is 9.76. The Morgan fingerprint density at radius 3 is 1.78 bits per heavy atom. The van der Waals surface area contributed by atoms with E-state index in [-0.39, 0.29) is 23.4 Å². The Labute approximate surface area is 126 Å². The van der Waals surface area contributed by atoms with Crippen LogP contribution in [-0.2, 0) is 0 Å². The fraction of sp³-hybridized carbons (Fsp3) is 0. The Morgan fingerprint density at radius 2 is 1.35 bits per heavy atom. The molecule has 0 aliphatic rings. The third-order valence-electron chi connectivity index (χ3n) is 2.72. The lowest BCUT2D eigenvalue weighted by Gasteiger charge is -2.40. The molecule has 0 aromatic heterocycles. The number of amides is 1. The number of nitrogens with one attached hydrogen (secondary N) is 1. The predicted octanol–water partition coefficient (Wildman–Crippen LogP) is 5.01. The van der Waals surface area contributed by atoms with Gasteiger partial charge in [0.25, 0.3) is 5.91 Å². The number of halogens is 5. The fourth-order valence-corrected chi connectivity index (χ4v) is 2.38. The van der Waals surface area contributed by atoms with E-state index >= 15 is 0 Å². The second kappa shape index (κ2) is 4.51. The van der Waals surface area contributed by atoms with Crippen LogP contribution >= 0.6 is 10.2 Å². The molecule has 4 nitrogen and oxygen atoms in total. The van der Waals surface area contributed by atoms with Crippen molar-refractivity contribution in [2.75, 3.05) is 5.32 Å². The van der Waals surface area contributed by atoms with Crippen molar-refractivity contribution in [3.8, 4) is 11.5 Å².